The summed E-state index contributed by atoms with van der Waals surface area (Å²) in [6.07, 6.45) is 4.41. The zero-order valence-corrected chi connectivity index (χ0v) is 8.54. The zero-order valence-electron chi connectivity index (χ0n) is 8.54. The van der Waals surface area contributed by atoms with Crippen LogP contribution in [0.1, 0.15) is 16.7 Å². The number of allylic oxidation sites excluding steroid dienone is 1. The Labute approximate surface area is 92.6 Å². The highest BCUT2D eigenvalue weighted by Gasteiger charge is 2.09. The van der Waals surface area contributed by atoms with Crippen molar-refractivity contribution >= 4 is 12.4 Å². The topological polar surface area (TPSA) is 85.4 Å². The van der Waals surface area contributed by atoms with Crippen molar-refractivity contribution in [1.29, 1.82) is 0 Å². The van der Waals surface area contributed by atoms with E-state index in [1.165, 1.54) is 18.5 Å². The van der Waals surface area contributed by atoms with Gasteiger partial charge in [0.2, 0.25) is 0 Å². The summed E-state index contributed by atoms with van der Waals surface area (Å²) in [5.74, 6) is 0.0740. The van der Waals surface area contributed by atoms with Gasteiger partial charge >= 0.3 is 0 Å². The summed E-state index contributed by atoms with van der Waals surface area (Å²) < 4.78 is 0. The van der Waals surface area contributed by atoms with Crippen LogP contribution < -0.4 is 0 Å². The van der Waals surface area contributed by atoms with E-state index >= 15 is 0 Å². The molecule has 0 aliphatic rings. The van der Waals surface area contributed by atoms with Crippen molar-refractivity contribution in [3.63, 3.8) is 0 Å². The standard InChI is InChI=1S/C11H12N2O3/c1-2-3-9-10(7-13-16)8(6-12-15)4-5-11(9)14/h2,4-7,14-16H,1,3H2. The van der Waals surface area contributed by atoms with Crippen LogP contribution in [0.2, 0.25) is 0 Å². The molecule has 3 N–H and O–H groups in total. The molecule has 0 atom stereocenters. The van der Waals surface area contributed by atoms with Crippen LogP contribution in [0.25, 0.3) is 0 Å². The third-order valence-electron chi connectivity index (χ3n) is 2.10. The molecule has 0 saturated carbocycles. The van der Waals surface area contributed by atoms with E-state index in [0.29, 0.717) is 23.1 Å². The fourth-order valence-corrected chi connectivity index (χ4v) is 1.42. The smallest absolute Gasteiger partial charge is 0.119 e. The summed E-state index contributed by atoms with van der Waals surface area (Å²) in [6.45, 7) is 3.57. The van der Waals surface area contributed by atoms with Gasteiger partial charge in [0.25, 0.3) is 0 Å². The molecule has 0 amide bonds. The Morgan fingerprint density at radius 2 is 1.88 bits per heavy atom. The lowest BCUT2D eigenvalue weighted by Gasteiger charge is -2.08. The second-order valence-corrected chi connectivity index (χ2v) is 3.05. The van der Waals surface area contributed by atoms with Gasteiger partial charge in [-0.1, -0.05) is 16.4 Å². The number of phenols is 1. The molecule has 0 radical (unpaired) electrons. The van der Waals surface area contributed by atoms with Gasteiger partial charge in [0.1, 0.15) is 5.75 Å². The van der Waals surface area contributed by atoms with Crippen LogP contribution in [-0.2, 0) is 6.42 Å². The number of phenolic OH excluding ortho intramolecular Hbond substituents is 1. The van der Waals surface area contributed by atoms with Crippen molar-refractivity contribution in [2.45, 2.75) is 6.42 Å². The van der Waals surface area contributed by atoms with Crippen molar-refractivity contribution in [3.8, 4) is 5.75 Å². The zero-order chi connectivity index (χ0) is 12.0. The van der Waals surface area contributed by atoms with Gasteiger partial charge in [-0.15, -0.1) is 6.58 Å². The van der Waals surface area contributed by atoms with E-state index < -0.39 is 0 Å². The number of aromatic hydroxyl groups is 1. The van der Waals surface area contributed by atoms with Gasteiger partial charge in [-0.05, 0) is 18.6 Å². The fourth-order valence-electron chi connectivity index (χ4n) is 1.42. The molecule has 16 heavy (non-hydrogen) atoms. The van der Waals surface area contributed by atoms with Crippen LogP contribution in [0.5, 0.6) is 5.75 Å². The first-order valence-electron chi connectivity index (χ1n) is 4.55. The average molecular weight is 220 g/mol. The molecule has 1 rings (SSSR count). The Bertz CT molecular complexity index is 439. The van der Waals surface area contributed by atoms with Gasteiger partial charge in [-0.3, -0.25) is 0 Å². The maximum atomic E-state index is 9.64. The van der Waals surface area contributed by atoms with Gasteiger partial charge < -0.3 is 15.5 Å². The molecule has 0 saturated heterocycles. The van der Waals surface area contributed by atoms with Crippen molar-refractivity contribution in [3.05, 3.63) is 41.5 Å². The number of rotatable bonds is 4. The largest absolute Gasteiger partial charge is 0.508 e. The highest BCUT2D eigenvalue weighted by Crippen LogP contribution is 2.23. The van der Waals surface area contributed by atoms with E-state index in [4.69, 9.17) is 10.4 Å². The summed E-state index contributed by atoms with van der Waals surface area (Å²) in [5, 5.41) is 32.5. The summed E-state index contributed by atoms with van der Waals surface area (Å²) >= 11 is 0. The van der Waals surface area contributed by atoms with E-state index in [1.807, 2.05) is 0 Å². The summed E-state index contributed by atoms with van der Waals surface area (Å²) in [5.41, 5.74) is 1.58. The van der Waals surface area contributed by atoms with Crippen LogP contribution in [0.15, 0.2) is 35.1 Å². The Morgan fingerprint density at radius 3 is 2.44 bits per heavy atom. The van der Waals surface area contributed by atoms with Crippen molar-refractivity contribution in [2.75, 3.05) is 0 Å². The van der Waals surface area contributed by atoms with E-state index in [-0.39, 0.29) is 5.75 Å². The van der Waals surface area contributed by atoms with E-state index in [1.54, 1.807) is 12.1 Å². The molecule has 5 nitrogen and oxygen atoms in total. The minimum atomic E-state index is 0.0740. The molecular formula is C11H12N2O3. The van der Waals surface area contributed by atoms with E-state index in [9.17, 15) is 5.11 Å². The summed E-state index contributed by atoms with van der Waals surface area (Å²) in [6, 6.07) is 3.03. The average Bonchev–Trinajstić information content (AvgIpc) is 2.27. The third-order valence-corrected chi connectivity index (χ3v) is 2.10. The first kappa shape index (κ1) is 11.8. The van der Waals surface area contributed by atoms with Crippen LogP contribution >= 0.6 is 0 Å². The molecule has 1 aromatic rings. The monoisotopic (exact) mass is 220 g/mol. The van der Waals surface area contributed by atoms with Crippen molar-refractivity contribution < 1.29 is 15.5 Å². The number of hydrogen-bond acceptors (Lipinski definition) is 5. The van der Waals surface area contributed by atoms with Crippen LogP contribution in [0, 0.1) is 0 Å². The van der Waals surface area contributed by atoms with Gasteiger partial charge in [-0.2, -0.15) is 0 Å². The number of benzene rings is 1. The molecule has 1 aromatic carbocycles. The number of oxime groups is 2. The summed E-state index contributed by atoms with van der Waals surface area (Å²) in [7, 11) is 0. The Hall–Kier alpha value is -2.30. The molecule has 0 fully saturated rings. The first-order chi connectivity index (χ1) is 7.74. The molecule has 0 heterocycles. The number of hydrogen-bond donors (Lipinski definition) is 3. The molecule has 0 bridgehead atoms. The lowest BCUT2D eigenvalue weighted by Crippen LogP contribution is -1.99. The normalized spacial score (nSPS) is 11.2. The van der Waals surface area contributed by atoms with E-state index in [2.05, 4.69) is 16.9 Å². The third kappa shape index (κ3) is 2.38. The van der Waals surface area contributed by atoms with Gasteiger partial charge in [0, 0.05) is 16.7 Å². The maximum Gasteiger partial charge on any atom is 0.119 e. The van der Waals surface area contributed by atoms with Crippen LogP contribution in [0.4, 0.5) is 0 Å². The SMILES string of the molecule is C=CCc1c(O)ccc(C=NO)c1C=NO. The quantitative estimate of drug-likeness (QED) is 0.312. The van der Waals surface area contributed by atoms with Gasteiger partial charge in [-0.25, -0.2) is 0 Å². The lowest BCUT2D eigenvalue weighted by molar-refractivity contribution is 0.321. The highest BCUT2D eigenvalue weighted by molar-refractivity contribution is 5.96. The Balaban J connectivity index is 3.41. The lowest BCUT2D eigenvalue weighted by atomic mass is 9.99. The predicted molar refractivity (Wildman–Crippen MR) is 60.8 cm³/mol. The highest BCUT2D eigenvalue weighted by atomic mass is 16.4. The predicted octanol–water partition coefficient (Wildman–Crippen LogP) is 1.74. The second-order valence-electron chi connectivity index (χ2n) is 3.05. The first-order valence-corrected chi connectivity index (χ1v) is 4.55. The molecule has 0 aromatic heterocycles. The molecule has 0 unspecified atom stereocenters. The molecule has 0 aliphatic heterocycles. The van der Waals surface area contributed by atoms with Gasteiger partial charge in [0.05, 0.1) is 12.4 Å². The Kier molecular flexibility index (Phi) is 4.08. The molecule has 0 spiro atoms. The molecule has 5 heteroatoms. The second kappa shape index (κ2) is 5.55. The fraction of sp³-hybridized carbons (Fsp3) is 0.0909. The minimum Gasteiger partial charge on any atom is -0.508 e. The van der Waals surface area contributed by atoms with Gasteiger partial charge in [0.15, 0.2) is 0 Å². The van der Waals surface area contributed by atoms with Crippen molar-refractivity contribution in [1.82, 2.24) is 0 Å². The summed E-state index contributed by atoms with van der Waals surface area (Å²) in [4.78, 5) is 0. The molecular weight excluding hydrogens is 208 g/mol. The number of nitrogens with zero attached hydrogens (tertiary/aromatic N) is 2. The van der Waals surface area contributed by atoms with Crippen LogP contribution in [0.3, 0.4) is 0 Å². The Morgan fingerprint density at radius 1 is 1.19 bits per heavy atom. The maximum absolute atomic E-state index is 9.64. The van der Waals surface area contributed by atoms with Crippen molar-refractivity contribution in [2.24, 2.45) is 10.3 Å². The van der Waals surface area contributed by atoms with Crippen LogP contribution in [-0.4, -0.2) is 28.0 Å². The molecule has 84 valence electrons. The minimum absolute atomic E-state index is 0.0740. The molecule has 0 aliphatic carbocycles. The van der Waals surface area contributed by atoms with E-state index in [0.717, 1.165) is 0 Å².